The predicted octanol–water partition coefficient (Wildman–Crippen LogP) is 2.90. The first kappa shape index (κ1) is 12.8. The molecule has 2 atom stereocenters. The average molecular weight is 232 g/mol. The molecule has 0 aromatic heterocycles. The fourth-order valence-corrected chi connectivity index (χ4v) is 2.52. The van der Waals surface area contributed by atoms with E-state index in [0.29, 0.717) is 12.3 Å². The maximum Gasteiger partial charge on any atom is 0.223 e. The summed E-state index contributed by atoms with van der Waals surface area (Å²) in [5, 5.41) is 0.137. The Labute approximate surface area is 98.0 Å². The summed E-state index contributed by atoms with van der Waals surface area (Å²) in [5.74, 6) is 0.782. The molecule has 0 bridgehead atoms. The number of nitrogens with zero attached hydrogens (tertiary/aromatic N) is 1. The minimum atomic E-state index is 0.0690. The van der Waals surface area contributed by atoms with E-state index in [1.165, 1.54) is 0 Å². The van der Waals surface area contributed by atoms with Gasteiger partial charge in [0.1, 0.15) is 0 Å². The van der Waals surface area contributed by atoms with E-state index in [2.05, 4.69) is 27.7 Å². The highest BCUT2D eigenvalue weighted by Gasteiger charge is 2.28. The van der Waals surface area contributed by atoms with Crippen molar-refractivity contribution in [2.45, 2.75) is 45.9 Å². The Morgan fingerprint density at radius 3 is 2.47 bits per heavy atom. The number of likely N-dealkylation sites (tertiary alicyclic amines) is 1. The summed E-state index contributed by atoms with van der Waals surface area (Å²) in [6, 6.07) is 0. The van der Waals surface area contributed by atoms with Gasteiger partial charge in [0.2, 0.25) is 5.91 Å². The number of piperidine rings is 1. The van der Waals surface area contributed by atoms with Crippen LogP contribution in [-0.4, -0.2) is 29.3 Å². The molecule has 0 spiro atoms. The highest BCUT2D eigenvalue weighted by atomic mass is 35.5. The van der Waals surface area contributed by atoms with Gasteiger partial charge in [0.05, 0.1) is 5.38 Å². The molecule has 1 amide bonds. The molecule has 0 aromatic carbocycles. The third kappa shape index (κ3) is 4.42. The van der Waals surface area contributed by atoms with Crippen molar-refractivity contribution < 1.29 is 4.79 Å². The Hall–Kier alpha value is -0.240. The van der Waals surface area contributed by atoms with E-state index in [4.69, 9.17) is 11.6 Å². The number of alkyl halides is 1. The van der Waals surface area contributed by atoms with Crippen LogP contribution in [0.25, 0.3) is 0 Å². The highest BCUT2D eigenvalue weighted by Crippen LogP contribution is 2.24. The first-order valence-electron chi connectivity index (χ1n) is 5.70. The third-order valence-corrected chi connectivity index (χ3v) is 2.96. The van der Waals surface area contributed by atoms with Gasteiger partial charge in [-0.25, -0.2) is 0 Å². The summed E-state index contributed by atoms with van der Waals surface area (Å²) in [4.78, 5) is 13.9. The molecule has 1 fully saturated rings. The summed E-state index contributed by atoms with van der Waals surface area (Å²) < 4.78 is 0. The number of amides is 1. The van der Waals surface area contributed by atoms with Crippen LogP contribution in [0.1, 0.15) is 40.5 Å². The van der Waals surface area contributed by atoms with Gasteiger partial charge >= 0.3 is 0 Å². The van der Waals surface area contributed by atoms with Crippen molar-refractivity contribution in [3.8, 4) is 0 Å². The molecule has 1 aliphatic heterocycles. The van der Waals surface area contributed by atoms with Crippen molar-refractivity contribution in [1.29, 1.82) is 0 Å². The van der Waals surface area contributed by atoms with E-state index in [0.717, 1.165) is 19.5 Å². The number of carbonyl (C=O) groups excluding carboxylic acids is 1. The maximum atomic E-state index is 12.0. The van der Waals surface area contributed by atoms with E-state index in [-0.39, 0.29) is 16.7 Å². The summed E-state index contributed by atoms with van der Waals surface area (Å²) in [5.41, 5.74) is 0.0690. The van der Waals surface area contributed by atoms with Crippen LogP contribution in [0.3, 0.4) is 0 Å². The van der Waals surface area contributed by atoms with Crippen molar-refractivity contribution in [3.63, 3.8) is 0 Å². The van der Waals surface area contributed by atoms with Crippen LogP contribution in [0.4, 0.5) is 0 Å². The van der Waals surface area contributed by atoms with Crippen LogP contribution < -0.4 is 0 Å². The van der Waals surface area contributed by atoms with E-state index in [9.17, 15) is 4.79 Å². The summed E-state index contributed by atoms with van der Waals surface area (Å²) >= 11 is 6.13. The van der Waals surface area contributed by atoms with E-state index >= 15 is 0 Å². The zero-order valence-electron chi connectivity index (χ0n) is 10.2. The van der Waals surface area contributed by atoms with E-state index in [1.807, 2.05) is 4.90 Å². The summed E-state index contributed by atoms with van der Waals surface area (Å²) in [6.45, 7) is 10.0. The third-order valence-electron chi connectivity index (χ3n) is 2.64. The predicted molar refractivity (Wildman–Crippen MR) is 64.1 cm³/mol. The Balaban J connectivity index is 2.52. The van der Waals surface area contributed by atoms with Crippen LogP contribution in [-0.2, 0) is 4.79 Å². The molecule has 1 aliphatic rings. The monoisotopic (exact) mass is 231 g/mol. The lowest BCUT2D eigenvalue weighted by molar-refractivity contribution is -0.134. The molecule has 0 aliphatic carbocycles. The minimum absolute atomic E-state index is 0.0690. The largest absolute Gasteiger partial charge is 0.341 e. The fraction of sp³-hybridized carbons (Fsp3) is 0.917. The normalized spacial score (nSPS) is 27.9. The molecule has 1 heterocycles. The lowest BCUT2D eigenvalue weighted by Gasteiger charge is -2.35. The Morgan fingerprint density at radius 1 is 1.40 bits per heavy atom. The molecule has 2 nitrogen and oxygen atoms in total. The van der Waals surface area contributed by atoms with Crippen LogP contribution in [0.15, 0.2) is 0 Å². The quantitative estimate of drug-likeness (QED) is 0.636. The number of hydrogen-bond acceptors (Lipinski definition) is 1. The van der Waals surface area contributed by atoms with Gasteiger partial charge in [-0.3, -0.25) is 4.79 Å². The van der Waals surface area contributed by atoms with Crippen molar-refractivity contribution in [2.75, 3.05) is 13.1 Å². The molecule has 1 saturated heterocycles. The first-order valence-corrected chi connectivity index (χ1v) is 6.13. The SMILES string of the molecule is CC1CC(Cl)CN(C(=O)CC(C)(C)C)C1. The lowest BCUT2D eigenvalue weighted by atomic mass is 9.90. The van der Waals surface area contributed by atoms with Gasteiger partial charge in [-0.05, 0) is 17.8 Å². The van der Waals surface area contributed by atoms with Crippen molar-refractivity contribution in [3.05, 3.63) is 0 Å². The molecule has 15 heavy (non-hydrogen) atoms. The molecule has 1 rings (SSSR count). The topological polar surface area (TPSA) is 20.3 Å². The number of carbonyl (C=O) groups is 1. The van der Waals surface area contributed by atoms with Crippen LogP contribution in [0.5, 0.6) is 0 Å². The second-order valence-electron chi connectivity index (χ2n) is 5.97. The standard InChI is InChI=1S/C12H22ClNO/c1-9-5-10(13)8-14(7-9)11(15)6-12(2,3)4/h9-10H,5-8H2,1-4H3. The molecular formula is C12H22ClNO. The van der Waals surface area contributed by atoms with Crippen LogP contribution in [0, 0.1) is 11.3 Å². The Kier molecular flexibility index (Phi) is 4.05. The fourth-order valence-electron chi connectivity index (χ4n) is 2.04. The molecule has 88 valence electrons. The molecule has 0 aromatic rings. The van der Waals surface area contributed by atoms with Crippen molar-refractivity contribution in [1.82, 2.24) is 4.90 Å². The minimum Gasteiger partial charge on any atom is -0.341 e. The molecule has 2 unspecified atom stereocenters. The van der Waals surface area contributed by atoms with Gasteiger partial charge in [-0.15, -0.1) is 11.6 Å². The van der Waals surface area contributed by atoms with E-state index in [1.54, 1.807) is 0 Å². The number of rotatable bonds is 1. The van der Waals surface area contributed by atoms with Gasteiger partial charge in [-0.2, -0.15) is 0 Å². The molecule has 0 radical (unpaired) electrons. The summed E-state index contributed by atoms with van der Waals surface area (Å²) in [6.07, 6.45) is 1.64. The zero-order valence-corrected chi connectivity index (χ0v) is 11.0. The van der Waals surface area contributed by atoms with Crippen molar-refractivity contribution >= 4 is 17.5 Å². The Bertz CT molecular complexity index is 224. The van der Waals surface area contributed by atoms with Crippen LogP contribution in [0.2, 0.25) is 0 Å². The number of hydrogen-bond donors (Lipinski definition) is 0. The van der Waals surface area contributed by atoms with Gasteiger partial charge < -0.3 is 4.90 Å². The molecule has 0 saturated carbocycles. The van der Waals surface area contributed by atoms with Gasteiger partial charge in [-0.1, -0.05) is 27.7 Å². The molecular weight excluding hydrogens is 210 g/mol. The molecule has 0 N–H and O–H groups in total. The van der Waals surface area contributed by atoms with Gasteiger partial charge in [0.25, 0.3) is 0 Å². The van der Waals surface area contributed by atoms with Crippen molar-refractivity contribution in [2.24, 2.45) is 11.3 Å². The Morgan fingerprint density at radius 2 is 2.00 bits per heavy atom. The lowest BCUT2D eigenvalue weighted by Crippen LogP contribution is -2.44. The van der Waals surface area contributed by atoms with Crippen LogP contribution >= 0.6 is 11.6 Å². The van der Waals surface area contributed by atoms with Gasteiger partial charge in [0, 0.05) is 19.5 Å². The zero-order chi connectivity index (χ0) is 11.6. The van der Waals surface area contributed by atoms with E-state index < -0.39 is 0 Å². The van der Waals surface area contributed by atoms with Gasteiger partial charge in [0.15, 0.2) is 0 Å². The summed E-state index contributed by atoms with van der Waals surface area (Å²) in [7, 11) is 0. The highest BCUT2D eigenvalue weighted by molar-refractivity contribution is 6.21. The smallest absolute Gasteiger partial charge is 0.223 e. The second-order valence-corrected chi connectivity index (χ2v) is 6.59. The second kappa shape index (κ2) is 4.73. The molecule has 3 heteroatoms. The average Bonchev–Trinajstić information content (AvgIpc) is 1.98. The number of halogens is 1. The maximum absolute atomic E-state index is 12.0. The first-order chi connectivity index (χ1) is 6.78.